The highest BCUT2D eigenvalue weighted by Crippen LogP contribution is 2.09. The Balaban J connectivity index is 2.80. The van der Waals surface area contributed by atoms with Crippen LogP contribution in [0.25, 0.3) is 0 Å². The van der Waals surface area contributed by atoms with Crippen LogP contribution in [0.15, 0.2) is 24.3 Å². The van der Waals surface area contributed by atoms with E-state index in [2.05, 4.69) is 0 Å². The summed E-state index contributed by atoms with van der Waals surface area (Å²) >= 11 is 0. The molecule has 0 aliphatic heterocycles. The summed E-state index contributed by atoms with van der Waals surface area (Å²) in [6.07, 6.45) is 0.0863. The van der Waals surface area contributed by atoms with E-state index in [9.17, 15) is 14.9 Å². The number of carboxylic acid groups (broad SMARTS) is 1. The van der Waals surface area contributed by atoms with Gasteiger partial charge in [-0.3, -0.25) is 0 Å². The first-order chi connectivity index (χ1) is 7.50. The van der Waals surface area contributed by atoms with Gasteiger partial charge in [-0.2, -0.15) is 0 Å². The van der Waals surface area contributed by atoms with E-state index in [0.717, 1.165) is 11.1 Å². The van der Waals surface area contributed by atoms with Gasteiger partial charge in [0.1, 0.15) is 0 Å². The highest BCUT2D eigenvalue weighted by Gasteiger charge is 2.22. The van der Waals surface area contributed by atoms with Gasteiger partial charge in [-0.25, -0.2) is 14.9 Å². The molecule has 2 N–H and O–H groups in total. The number of hydrazine groups is 1. The fourth-order valence-electron chi connectivity index (χ4n) is 1.37. The molecule has 1 aromatic rings. The molecule has 0 amide bonds. The molecule has 0 saturated carbocycles. The third kappa shape index (κ3) is 3.23. The summed E-state index contributed by atoms with van der Waals surface area (Å²) < 4.78 is 0. The van der Waals surface area contributed by atoms with Crippen molar-refractivity contribution < 1.29 is 14.9 Å². The quantitative estimate of drug-likeness (QED) is 0.569. The molecule has 0 radical (unpaired) electrons. The molecule has 0 bridgehead atoms. The molecule has 0 aromatic heterocycles. The molecule has 0 unspecified atom stereocenters. The van der Waals surface area contributed by atoms with Crippen LogP contribution in [0.1, 0.15) is 11.1 Å². The van der Waals surface area contributed by atoms with Gasteiger partial charge in [0.2, 0.25) is 0 Å². The molecular formula is C10H12N2O4. The average molecular weight is 224 g/mol. The lowest BCUT2D eigenvalue weighted by atomic mass is 10.0. The monoisotopic (exact) mass is 224 g/mol. The lowest BCUT2D eigenvalue weighted by molar-refractivity contribution is -0.548. The third-order valence-electron chi connectivity index (χ3n) is 2.24. The molecule has 0 aliphatic carbocycles. The number of carboxylic acids is 1. The summed E-state index contributed by atoms with van der Waals surface area (Å²) in [6, 6.07) is 5.98. The summed E-state index contributed by atoms with van der Waals surface area (Å²) in [7, 11) is 0. The molecule has 0 fully saturated rings. The minimum Gasteiger partial charge on any atom is -0.480 e. The Morgan fingerprint density at radius 3 is 2.69 bits per heavy atom. The Morgan fingerprint density at radius 1 is 1.56 bits per heavy atom. The SMILES string of the molecule is Cc1ccccc1C[C@H](N[N+](=O)[O-])C(=O)O. The maximum Gasteiger partial charge on any atom is 0.332 e. The van der Waals surface area contributed by atoms with Crippen LogP contribution >= 0.6 is 0 Å². The zero-order chi connectivity index (χ0) is 12.1. The average Bonchev–Trinajstić information content (AvgIpc) is 2.19. The number of hydrogen-bond acceptors (Lipinski definition) is 3. The molecule has 1 aromatic carbocycles. The van der Waals surface area contributed by atoms with Crippen LogP contribution < -0.4 is 5.43 Å². The van der Waals surface area contributed by atoms with Gasteiger partial charge < -0.3 is 5.11 Å². The topological polar surface area (TPSA) is 92.5 Å². The van der Waals surface area contributed by atoms with Crippen LogP contribution in [0, 0.1) is 17.0 Å². The number of nitrogens with one attached hydrogen (secondary N) is 1. The van der Waals surface area contributed by atoms with Crippen molar-refractivity contribution in [3.8, 4) is 0 Å². The van der Waals surface area contributed by atoms with Crippen molar-refractivity contribution >= 4 is 5.97 Å². The van der Waals surface area contributed by atoms with Gasteiger partial charge in [0, 0.05) is 6.42 Å². The molecule has 1 rings (SSSR count). The van der Waals surface area contributed by atoms with Crippen LogP contribution in [-0.2, 0) is 11.2 Å². The normalized spacial score (nSPS) is 11.8. The predicted molar refractivity (Wildman–Crippen MR) is 56.4 cm³/mol. The summed E-state index contributed by atoms with van der Waals surface area (Å²) in [4.78, 5) is 21.0. The number of nitrogens with zero attached hydrogens (tertiary/aromatic N) is 1. The van der Waals surface area contributed by atoms with Gasteiger partial charge in [-0.15, -0.1) is 5.43 Å². The van der Waals surface area contributed by atoms with E-state index in [1.165, 1.54) is 0 Å². The van der Waals surface area contributed by atoms with Crippen LogP contribution in [0.2, 0.25) is 0 Å². The molecule has 6 nitrogen and oxygen atoms in total. The van der Waals surface area contributed by atoms with E-state index in [1.54, 1.807) is 17.6 Å². The number of aliphatic carboxylic acids is 1. The van der Waals surface area contributed by atoms with E-state index >= 15 is 0 Å². The number of hydrogen-bond donors (Lipinski definition) is 2. The first kappa shape index (κ1) is 12.0. The highest BCUT2D eigenvalue weighted by molar-refractivity contribution is 5.73. The standard InChI is InChI=1S/C10H12N2O4/c1-7-4-2-3-5-8(7)6-9(10(13)14)11-12(15)16/h2-5,9,11H,6H2,1H3,(H,13,14)/t9-/m0/s1. The summed E-state index contributed by atoms with van der Waals surface area (Å²) in [6.45, 7) is 1.83. The molecule has 86 valence electrons. The van der Waals surface area contributed by atoms with E-state index in [0.29, 0.717) is 0 Å². The third-order valence-corrected chi connectivity index (χ3v) is 2.24. The molecule has 0 heterocycles. The predicted octanol–water partition coefficient (Wildman–Crippen LogP) is 0.772. The highest BCUT2D eigenvalue weighted by atomic mass is 16.7. The second-order valence-electron chi connectivity index (χ2n) is 3.41. The summed E-state index contributed by atoms with van der Waals surface area (Å²) in [5.41, 5.74) is 3.48. The molecule has 0 saturated heterocycles. The van der Waals surface area contributed by atoms with E-state index < -0.39 is 17.0 Å². The van der Waals surface area contributed by atoms with Gasteiger partial charge in [0.25, 0.3) is 0 Å². The van der Waals surface area contributed by atoms with E-state index in [1.807, 2.05) is 19.1 Å². The Labute approximate surface area is 92.0 Å². The number of aryl methyl sites for hydroxylation is 1. The number of benzene rings is 1. The van der Waals surface area contributed by atoms with Crippen molar-refractivity contribution in [2.75, 3.05) is 0 Å². The van der Waals surface area contributed by atoms with Crippen molar-refractivity contribution in [1.29, 1.82) is 0 Å². The van der Waals surface area contributed by atoms with Crippen molar-refractivity contribution in [3.05, 3.63) is 45.5 Å². The van der Waals surface area contributed by atoms with Gasteiger partial charge in [0.05, 0.1) is 0 Å². The van der Waals surface area contributed by atoms with Crippen LogP contribution in [0.4, 0.5) is 0 Å². The Hall–Kier alpha value is -2.11. The minimum atomic E-state index is -1.24. The summed E-state index contributed by atoms with van der Waals surface area (Å²) in [5.74, 6) is -1.24. The van der Waals surface area contributed by atoms with Gasteiger partial charge in [0.15, 0.2) is 11.1 Å². The van der Waals surface area contributed by atoms with Crippen molar-refractivity contribution in [2.24, 2.45) is 0 Å². The number of nitro groups is 1. The molecule has 0 spiro atoms. The van der Waals surface area contributed by atoms with Crippen LogP contribution in [0.5, 0.6) is 0 Å². The maximum absolute atomic E-state index is 10.8. The maximum atomic E-state index is 10.8. The fourth-order valence-corrected chi connectivity index (χ4v) is 1.37. The molecule has 16 heavy (non-hydrogen) atoms. The molecule has 0 aliphatic rings. The van der Waals surface area contributed by atoms with Crippen molar-refractivity contribution in [3.63, 3.8) is 0 Å². The van der Waals surface area contributed by atoms with Crippen molar-refractivity contribution in [2.45, 2.75) is 19.4 Å². The van der Waals surface area contributed by atoms with Crippen LogP contribution in [-0.4, -0.2) is 22.1 Å². The van der Waals surface area contributed by atoms with Gasteiger partial charge in [-0.1, -0.05) is 24.3 Å². The Bertz CT molecular complexity index is 406. The first-order valence-corrected chi connectivity index (χ1v) is 4.68. The minimum absolute atomic E-state index is 0.0863. The zero-order valence-corrected chi connectivity index (χ0v) is 8.71. The fraction of sp³-hybridized carbons (Fsp3) is 0.300. The van der Waals surface area contributed by atoms with E-state index in [4.69, 9.17) is 5.11 Å². The lowest BCUT2D eigenvalue weighted by Crippen LogP contribution is -2.42. The zero-order valence-electron chi connectivity index (χ0n) is 8.71. The van der Waals surface area contributed by atoms with E-state index in [-0.39, 0.29) is 6.42 Å². The largest absolute Gasteiger partial charge is 0.480 e. The second kappa shape index (κ2) is 5.11. The molecular weight excluding hydrogens is 212 g/mol. The Morgan fingerprint density at radius 2 is 2.19 bits per heavy atom. The smallest absolute Gasteiger partial charge is 0.332 e. The Kier molecular flexibility index (Phi) is 3.82. The lowest BCUT2D eigenvalue weighted by Gasteiger charge is -2.10. The molecule has 1 atom stereocenters. The summed E-state index contributed by atoms with van der Waals surface area (Å²) in [5, 5.41) is 18.2. The van der Waals surface area contributed by atoms with Gasteiger partial charge in [-0.05, 0) is 18.1 Å². The number of rotatable bonds is 5. The molecule has 6 heteroatoms. The van der Waals surface area contributed by atoms with Gasteiger partial charge >= 0.3 is 5.97 Å². The van der Waals surface area contributed by atoms with Crippen LogP contribution in [0.3, 0.4) is 0 Å². The van der Waals surface area contributed by atoms with Crippen molar-refractivity contribution in [1.82, 2.24) is 5.43 Å². The first-order valence-electron chi connectivity index (χ1n) is 4.68. The number of carbonyl (C=O) groups is 1. The second-order valence-corrected chi connectivity index (χ2v) is 3.41.